The van der Waals surface area contributed by atoms with Crippen LogP contribution in [0.1, 0.15) is 18.4 Å². The SMILES string of the molecule is Cl.NC1CCN(Cc2ccc(Br)cc2)CC1. The first kappa shape index (κ1) is 14.0. The zero-order valence-corrected chi connectivity index (χ0v) is 11.6. The first-order valence-corrected chi connectivity index (χ1v) is 6.26. The Balaban J connectivity index is 0.00000128. The van der Waals surface area contributed by atoms with Gasteiger partial charge in [-0.1, -0.05) is 28.1 Å². The second-order valence-electron chi connectivity index (χ2n) is 4.24. The zero-order valence-electron chi connectivity index (χ0n) is 9.23. The highest BCUT2D eigenvalue weighted by Crippen LogP contribution is 2.15. The van der Waals surface area contributed by atoms with Crippen LogP contribution in [0, 0.1) is 0 Å². The van der Waals surface area contributed by atoms with Gasteiger partial charge in [-0.3, -0.25) is 4.90 Å². The standard InChI is InChI=1S/C12H17BrN2.ClH/c13-11-3-1-10(2-4-11)9-15-7-5-12(14)6-8-15;/h1-4,12H,5-9,14H2;1H. The van der Waals surface area contributed by atoms with E-state index in [2.05, 4.69) is 45.1 Å². The third kappa shape index (κ3) is 4.06. The summed E-state index contributed by atoms with van der Waals surface area (Å²) in [7, 11) is 0. The molecule has 1 aliphatic rings. The predicted molar refractivity (Wildman–Crippen MR) is 73.9 cm³/mol. The molecule has 0 atom stereocenters. The Bertz CT molecular complexity index is 307. The van der Waals surface area contributed by atoms with Gasteiger partial charge in [0.05, 0.1) is 0 Å². The van der Waals surface area contributed by atoms with Crippen LogP contribution in [0.3, 0.4) is 0 Å². The minimum atomic E-state index is 0. The molecule has 0 bridgehead atoms. The third-order valence-electron chi connectivity index (χ3n) is 2.95. The molecule has 4 heteroatoms. The lowest BCUT2D eigenvalue weighted by Gasteiger charge is -2.30. The molecule has 2 nitrogen and oxygen atoms in total. The minimum absolute atomic E-state index is 0. The number of nitrogens with two attached hydrogens (primary N) is 1. The molecule has 0 saturated carbocycles. The number of nitrogens with zero attached hydrogens (tertiary/aromatic N) is 1. The highest BCUT2D eigenvalue weighted by Gasteiger charge is 2.15. The quantitative estimate of drug-likeness (QED) is 0.910. The summed E-state index contributed by atoms with van der Waals surface area (Å²) in [5, 5.41) is 0. The van der Waals surface area contributed by atoms with E-state index < -0.39 is 0 Å². The molecule has 1 fully saturated rings. The van der Waals surface area contributed by atoms with Gasteiger partial charge in [-0.05, 0) is 43.6 Å². The number of piperidine rings is 1. The van der Waals surface area contributed by atoms with Crippen LogP contribution in [0.25, 0.3) is 0 Å². The van der Waals surface area contributed by atoms with Crippen LogP contribution >= 0.6 is 28.3 Å². The van der Waals surface area contributed by atoms with E-state index in [0.29, 0.717) is 6.04 Å². The van der Waals surface area contributed by atoms with Crippen molar-refractivity contribution in [2.45, 2.75) is 25.4 Å². The molecule has 1 aromatic carbocycles. The average molecular weight is 306 g/mol. The molecule has 0 radical (unpaired) electrons. The molecule has 2 N–H and O–H groups in total. The molecule has 0 aliphatic carbocycles. The molecule has 0 amide bonds. The van der Waals surface area contributed by atoms with E-state index in [-0.39, 0.29) is 12.4 Å². The zero-order chi connectivity index (χ0) is 10.7. The summed E-state index contributed by atoms with van der Waals surface area (Å²) in [5.41, 5.74) is 7.26. The predicted octanol–water partition coefficient (Wildman–Crippen LogP) is 2.79. The summed E-state index contributed by atoms with van der Waals surface area (Å²) < 4.78 is 1.15. The van der Waals surface area contributed by atoms with Crippen molar-refractivity contribution >= 4 is 28.3 Å². The minimum Gasteiger partial charge on any atom is -0.328 e. The number of halogens is 2. The van der Waals surface area contributed by atoms with Crippen LogP contribution in [0.5, 0.6) is 0 Å². The van der Waals surface area contributed by atoms with Crippen LogP contribution in [-0.2, 0) is 6.54 Å². The Hall–Kier alpha value is -0.0900. The number of benzene rings is 1. The lowest BCUT2D eigenvalue weighted by molar-refractivity contribution is 0.205. The monoisotopic (exact) mass is 304 g/mol. The van der Waals surface area contributed by atoms with Crippen molar-refractivity contribution in [3.05, 3.63) is 34.3 Å². The molecular weight excluding hydrogens is 288 g/mol. The smallest absolute Gasteiger partial charge is 0.0233 e. The molecular formula is C12H18BrClN2. The first-order chi connectivity index (χ1) is 7.24. The lowest BCUT2D eigenvalue weighted by atomic mass is 10.1. The fourth-order valence-corrected chi connectivity index (χ4v) is 2.22. The van der Waals surface area contributed by atoms with Gasteiger partial charge in [-0.25, -0.2) is 0 Å². The van der Waals surface area contributed by atoms with E-state index in [0.717, 1.165) is 36.9 Å². The maximum absolute atomic E-state index is 5.88. The van der Waals surface area contributed by atoms with Gasteiger partial charge in [-0.15, -0.1) is 12.4 Å². The van der Waals surface area contributed by atoms with E-state index in [4.69, 9.17) is 5.73 Å². The fraction of sp³-hybridized carbons (Fsp3) is 0.500. The Morgan fingerprint density at radius 3 is 2.31 bits per heavy atom. The first-order valence-electron chi connectivity index (χ1n) is 5.46. The highest BCUT2D eigenvalue weighted by molar-refractivity contribution is 9.10. The van der Waals surface area contributed by atoms with Crippen molar-refractivity contribution in [3.63, 3.8) is 0 Å². The molecule has 90 valence electrons. The van der Waals surface area contributed by atoms with Crippen LogP contribution < -0.4 is 5.73 Å². The highest BCUT2D eigenvalue weighted by atomic mass is 79.9. The van der Waals surface area contributed by atoms with E-state index in [1.807, 2.05) is 0 Å². The Morgan fingerprint density at radius 1 is 1.19 bits per heavy atom. The molecule has 2 rings (SSSR count). The molecule has 1 heterocycles. The van der Waals surface area contributed by atoms with Crippen LogP contribution in [0.4, 0.5) is 0 Å². The summed E-state index contributed by atoms with van der Waals surface area (Å²) in [5.74, 6) is 0. The van der Waals surface area contributed by atoms with Crippen molar-refractivity contribution in [1.82, 2.24) is 4.90 Å². The third-order valence-corrected chi connectivity index (χ3v) is 3.48. The van der Waals surface area contributed by atoms with Gasteiger partial charge >= 0.3 is 0 Å². The summed E-state index contributed by atoms with van der Waals surface area (Å²) in [4.78, 5) is 2.48. The Morgan fingerprint density at radius 2 is 1.75 bits per heavy atom. The number of likely N-dealkylation sites (tertiary alicyclic amines) is 1. The van der Waals surface area contributed by atoms with Gasteiger partial charge in [0.2, 0.25) is 0 Å². The topological polar surface area (TPSA) is 29.3 Å². The van der Waals surface area contributed by atoms with E-state index in [9.17, 15) is 0 Å². The maximum Gasteiger partial charge on any atom is 0.0233 e. The Kier molecular flexibility index (Phi) is 5.76. The summed E-state index contributed by atoms with van der Waals surface area (Å²) in [6.07, 6.45) is 2.27. The largest absolute Gasteiger partial charge is 0.328 e. The Labute approximate surface area is 112 Å². The summed E-state index contributed by atoms with van der Waals surface area (Å²) >= 11 is 3.45. The molecule has 0 unspecified atom stereocenters. The average Bonchev–Trinajstić information content (AvgIpc) is 2.25. The molecule has 1 aliphatic heterocycles. The number of hydrogen-bond donors (Lipinski definition) is 1. The summed E-state index contributed by atoms with van der Waals surface area (Å²) in [6, 6.07) is 8.99. The molecule has 1 aromatic rings. The number of hydrogen-bond acceptors (Lipinski definition) is 2. The van der Waals surface area contributed by atoms with E-state index in [1.54, 1.807) is 0 Å². The van der Waals surface area contributed by atoms with Crippen molar-refractivity contribution in [2.24, 2.45) is 5.73 Å². The molecule has 16 heavy (non-hydrogen) atoms. The summed E-state index contributed by atoms with van der Waals surface area (Å²) in [6.45, 7) is 3.33. The van der Waals surface area contributed by atoms with Crippen LogP contribution in [0.2, 0.25) is 0 Å². The van der Waals surface area contributed by atoms with Crippen LogP contribution in [-0.4, -0.2) is 24.0 Å². The lowest BCUT2D eigenvalue weighted by Crippen LogP contribution is -2.39. The van der Waals surface area contributed by atoms with Crippen molar-refractivity contribution < 1.29 is 0 Å². The van der Waals surface area contributed by atoms with E-state index in [1.165, 1.54) is 5.56 Å². The molecule has 1 saturated heterocycles. The van der Waals surface area contributed by atoms with E-state index >= 15 is 0 Å². The van der Waals surface area contributed by atoms with Crippen LogP contribution in [0.15, 0.2) is 28.7 Å². The van der Waals surface area contributed by atoms with Gasteiger partial charge in [0.25, 0.3) is 0 Å². The van der Waals surface area contributed by atoms with Gasteiger partial charge in [-0.2, -0.15) is 0 Å². The number of rotatable bonds is 2. The molecule has 0 aromatic heterocycles. The maximum atomic E-state index is 5.88. The fourth-order valence-electron chi connectivity index (χ4n) is 1.96. The van der Waals surface area contributed by atoms with Gasteiger partial charge in [0.15, 0.2) is 0 Å². The normalized spacial score (nSPS) is 18.1. The molecule has 0 spiro atoms. The second-order valence-corrected chi connectivity index (χ2v) is 5.16. The van der Waals surface area contributed by atoms with Gasteiger partial charge in [0.1, 0.15) is 0 Å². The second kappa shape index (κ2) is 6.60. The van der Waals surface area contributed by atoms with Crippen molar-refractivity contribution in [1.29, 1.82) is 0 Å². The van der Waals surface area contributed by atoms with Crippen molar-refractivity contribution in [2.75, 3.05) is 13.1 Å². The van der Waals surface area contributed by atoms with Gasteiger partial charge < -0.3 is 5.73 Å². The van der Waals surface area contributed by atoms with Gasteiger partial charge in [0, 0.05) is 17.1 Å². The van der Waals surface area contributed by atoms with Crippen molar-refractivity contribution in [3.8, 4) is 0 Å².